The molecule has 0 saturated carbocycles. The lowest BCUT2D eigenvalue weighted by atomic mass is 10.4. The summed E-state index contributed by atoms with van der Waals surface area (Å²) < 4.78 is 10.2. The highest BCUT2D eigenvalue weighted by atomic mass is 32.2. The minimum Gasteiger partial charge on any atom is -0.397 e. The zero-order chi connectivity index (χ0) is 10.9. The number of nitrogens with zero attached hydrogens (tertiary/aromatic N) is 1. The van der Waals surface area contributed by atoms with Gasteiger partial charge in [-0.2, -0.15) is 0 Å². The summed E-state index contributed by atoms with van der Waals surface area (Å²) in [6.07, 6.45) is 1.66. The molecular formula is C10H16N2O2S. The Bertz CT molecular complexity index is 267. The van der Waals surface area contributed by atoms with E-state index in [0.29, 0.717) is 25.5 Å². The molecule has 0 aliphatic carbocycles. The SMILES string of the molecule is COCCOCCSc1ccc(N)cn1. The minimum absolute atomic E-state index is 0.644. The molecule has 4 nitrogen and oxygen atoms in total. The van der Waals surface area contributed by atoms with Gasteiger partial charge in [0, 0.05) is 12.9 Å². The van der Waals surface area contributed by atoms with Crippen LogP contribution in [0.3, 0.4) is 0 Å². The van der Waals surface area contributed by atoms with Gasteiger partial charge < -0.3 is 15.2 Å². The summed E-state index contributed by atoms with van der Waals surface area (Å²) in [7, 11) is 1.66. The molecule has 0 aromatic carbocycles. The largest absolute Gasteiger partial charge is 0.397 e. The summed E-state index contributed by atoms with van der Waals surface area (Å²) >= 11 is 1.65. The van der Waals surface area contributed by atoms with Crippen molar-refractivity contribution in [3.8, 4) is 0 Å². The van der Waals surface area contributed by atoms with Gasteiger partial charge in [0.05, 0.1) is 36.7 Å². The van der Waals surface area contributed by atoms with Crippen molar-refractivity contribution in [2.24, 2.45) is 0 Å². The highest BCUT2D eigenvalue weighted by Crippen LogP contribution is 2.15. The number of methoxy groups -OCH3 is 1. The molecule has 15 heavy (non-hydrogen) atoms. The number of anilines is 1. The molecule has 0 bridgehead atoms. The Morgan fingerprint density at radius 1 is 1.33 bits per heavy atom. The Hall–Kier alpha value is -0.780. The fourth-order valence-electron chi connectivity index (χ4n) is 0.927. The summed E-state index contributed by atoms with van der Waals surface area (Å²) in [4.78, 5) is 4.17. The van der Waals surface area contributed by atoms with Crippen LogP contribution in [0.15, 0.2) is 23.4 Å². The average molecular weight is 228 g/mol. The van der Waals surface area contributed by atoms with E-state index in [0.717, 1.165) is 10.8 Å². The number of aromatic nitrogens is 1. The van der Waals surface area contributed by atoms with E-state index in [1.54, 1.807) is 25.1 Å². The predicted octanol–water partition coefficient (Wildman–Crippen LogP) is 1.42. The number of pyridine rings is 1. The number of thioether (sulfide) groups is 1. The first-order valence-corrected chi connectivity index (χ1v) is 5.72. The molecule has 0 radical (unpaired) electrons. The van der Waals surface area contributed by atoms with Crippen LogP contribution in [0.25, 0.3) is 0 Å². The Morgan fingerprint density at radius 3 is 2.87 bits per heavy atom. The van der Waals surface area contributed by atoms with E-state index < -0.39 is 0 Å². The number of hydrogen-bond acceptors (Lipinski definition) is 5. The van der Waals surface area contributed by atoms with Crippen LogP contribution in [0, 0.1) is 0 Å². The molecule has 0 atom stereocenters. The van der Waals surface area contributed by atoms with Gasteiger partial charge >= 0.3 is 0 Å². The van der Waals surface area contributed by atoms with Gasteiger partial charge in [-0.3, -0.25) is 0 Å². The molecule has 84 valence electrons. The number of nitrogen functional groups attached to an aromatic ring is 1. The second kappa shape index (κ2) is 7.50. The van der Waals surface area contributed by atoms with Crippen molar-refractivity contribution in [1.29, 1.82) is 0 Å². The van der Waals surface area contributed by atoms with E-state index in [1.807, 2.05) is 12.1 Å². The first-order valence-electron chi connectivity index (χ1n) is 4.74. The molecule has 0 unspecified atom stereocenters. The Balaban J connectivity index is 2.07. The van der Waals surface area contributed by atoms with E-state index >= 15 is 0 Å². The van der Waals surface area contributed by atoms with Gasteiger partial charge in [-0.15, -0.1) is 11.8 Å². The van der Waals surface area contributed by atoms with E-state index in [-0.39, 0.29) is 0 Å². The lowest BCUT2D eigenvalue weighted by Crippen LogP contribution is -2.04. The average Bonchev–Trinajstić information content (AvgIpc) is 2.26. The van der Waals surface area contributed by atoms with Crippen LogP contribution < -0.4 is 5.73 Å². The minimum atomic E-state index is 0.644. The molecule has 0 aliphatic heterocycles. The van der Waals surface area contributed by atoms with Crippen LogP contribution in [-0.2, 0) is 9.47 Å². The number of ether oxygens (including phenoxy) is 2. The maximum Gasteiger partial charge on any atom is 0.0962 e. The zero-order valence-corrected chi connectivity index (χ0v) is 9.63. The van der Waals surface area contributed by atoms with Crippen LogP contribution in [0.4, 0.5) is 5.69 Å². The predicted molar refractivity (Wildman–Crippen MR) is 62.1 cm³/mol. The second-order valence-corrected chi connectivity index (χ2v) is 4.00. The highest BCUT2D eigenvalue weighted by Gasteiger charge is 1.95. The molecule has 0 fully saturated rings. The fourth-order valence-corrected chi connectivity index (χ4v) is 1.63. The lowest BCUT2D eigenvalue weighted by Gasteiger charge is -2.03. The van der Waals surface area contributed by atoms with Crippen LogP contribution in [0.2, 0.25) is 0 Å². The Kier molecular flexibility index (Phi) is 6.15. The molecule has 0 saturated heterocycles. The van der Waals surface area contributed by atoms with Crippen molar-refractivity contribution in [1.82, 2.24) is 4.98 Å². The van der Waals surface area contributed by atoms with Crippen molar-refractivity contribution in [3.05, 3.63) is 18.3 Å². The van der Waals surface area contributed by atoms with Gasteiger partial charge in [0.1, 0.15) is 0 Å². The van der Waals surface area contributed by atoms with E-state index in [9.17, 15) is 0 Å². The van der Waals surface area contributed by atoms with E-state index in [2.05, 4.69) is 4.98 Å². The van der Waals surface area contributed by atoms with Gasteiger partial charge in [-0.25, -0.2) is 4.98 Å². The van der Waals surface area contributed by atoms with Crippen molar-refractivity contribution in [2.45, 2.75) is 5.03 Å². The topological polar surface area (TPSA) is 57.4 Å². The molecule has 1 heterocycles. The van der Waals surface area contributed by atoms with Gasteiger partial charge in [0.2, 0.25) is 0 Å². The molecule has 0 amide bonds. The smallest absolute Gasteiger partial charge is 0.0962 e. The third-order valence-corrected chi connectivity index (χ3v) is 2.58. The van der Waals surface area contributed by atoms with Crippen molar-refractivity contribution in [3.63, 3.8) is 0 Å². The molecule has 1 aromatic heterocycles. The summed E-state index contributed by atoms with van der Waals surface area (Å²) in [6, 6.07) is 3.76. The number of hydrogen-bond donors (Lipinski definition) is 1. The van der Waals surface area contributed by atoms with Crippen LogP contribution in [-0.4, -0.2) is 37.7 Å². The van der Waals surface area contributed by atoms with Crippen molar-refractivity contribution < 1.29 is 9.47 Å². The van der Waals surface area contributed by atoms with Crippen LogP contribution >= 0.6 is 11.8 Å². The number of nitrogens with two attached hydrogens (primary N) is 1. The lowest BCUT2D eigenvalue weighted by molar-refractivity contribution is 0.0790. The third-order valence-electron chi connectivity index (χ3n) is 1.67. The van der Waals surface area contributed by atoms with Crippen LogP contribution in [0.5, 0.6) is 0 Å². The van der Waals surface area contributed by atoms with Crippen molar-refractivity contribution in [2.75, 3.05) is 38.4 Å². The molecule has 1 aromatic rings. The van der Waals surface area contributed by atoms with Gasteiger partial charge in [0.25, 0.3) is 0 Å². The first-order chi connectivity index (χ1) is 7.33. The third kappa shape index (κ3) is 5.61. The summed E-state index contributed by atoms with van der Waals surface area (Å²) in [5.41, 5.74) is 6.22. The zero-order valence-electron chi connectivity index (χ0n) is 8.81. The monoisotopic (exact) mass is 228 g/mol. The molecule has 5 heteroatoms. The molecule has 0 spiro atoms. The van der Waals surface area contributed by atoms with E-state index in [1.165, 1.54) is 0 Å². The van der Waals surface area contributed by atoms with Gasteiger partial charge in [-0.05, 0) is 12.1 Å². The number of rotatable bonds is 7. The Labute approximate surface area is 94.2 Å². The Morgan fingerprint density at radius 2 is 2.20 bits per heavy atom. The molecular weight excluding hydrogens is 212 g/mol. The fraction of sp³-hybridized carbons (Fsp3) is 0.500. The quantitative estimate of drug-likeness (QED) is 0.565. The van der Waals surface area contributed by atoms with E-state index in [4.69, 9.17) is 15.2 Å². The van der Waals surface area contributed by atoms with Gasteiger partial charge in [-0.1, -0.05) is 0 Å². The van der Waals surface area contributed by atoms with Gasteiger partial charge in [0.15, 0.2) is 0 Å². The van der Waals surface area contributed by atoms with Crippen molar-refractivity contribution >= 4 is 17.4 Å². The van der Waals surface area contributed by atoms with Crippen LogP contribution in [0.1, 0.15) is 0 Å². The first kappa shape index (κ1) is 12.3. The summed E-state index contributed by atoms with van der Waals surface area (Å²) in [6.45, 7) is 2.00. The standard InChI is InChI=1S/C10H16N2O2S/c1-13-4-5-14-6-7-15-10-3-2-9(11)8-12-10/h2-3,8H,4-7,11H2,1H3. The molecule has 2 N–H and O–H groups in total. The summed E-state index contributed by atoms with van der Waals surface area (Å²) in [5, 5.41) is 0.972. The second-order valence-electron chi connectivity index (χ2n) is 2.88. The molecule has 0 aliphatic rings. The summed E-state index contributed by atoms with van der Waals surface area (Å²) in [5.74, 6) is 0.890. The molecule has 1 rings (SSSR count). The maximum absolute atomic E-state index is 5.53. The maximum atomic E-state index is 5.53. The normalized spacial score (nSPS) is 10.5. The highest BCUT2D eigenvalue weighted by molar-refractivity contribution is 7.99.